The molecule has 0 spiro atoms. The van der Waals surface area contributed by atoms with Gasteiger partial charge in [-0.15, -0.1) is 0 Å². The maximum atomic E-state index is 11.5. The first-order chi connectivity index (χ1) is 8.95. The Bertz CT molecular complexity index is 401. The molecule has 0 saturated heterocycles. The quantitative estimate of drug-likeness (QED) is 0.765. The number of hydrogen-bond donors (Lipinski definition) is 1. The summed E-state index contributed by atoms with van der Waals surface area (Å²) in [4.78, 5) is 13.6. The van der Waals surface area contributed by atoms with Crippen molar-refractivity contribution < 1.29 is 13.9 Å². The van der Waals surface area contributed by atoms with E-state index in [0.29, 0.717) is 23.8 Å². The lowest BCUT2D eigenvalue weighted by atomic mass is 10.0. The highest BCUT2D eigenvalue weighted by atomic mass is 16.5. The molecule has 0 saturated carbocycles. The summed E-state index contributed by atoms with van der Waals surface area (Å²) in [5, 5.41) is 0. The highest BCUT2D eigenvalue weighted by Crippen LogP contribution is 2.14. The lowest BCUT2D eigenvalue weighted by molar-refractivity contribution is 0.0596. The fourth-order valence-electron chi connectivity index (χ4n) is 1.78. The normalized spacial score (nSPS) is 13.0. The van der Waals surface area contributed by atoms with E-state index in [4.69, 9.17) is 14.9 Å². The first-order valence-electron chi connectivity index (χ1n) is 6.54. The summed E-state index contributed by atoms with van der Waals surface area (Å²) in [5.74, 6) is 0.742. The van der Waals surface area contributed by atoms with Gasteiger partial charge in [-0.3, -0.25) is 4.90 Å². The van der Waals surface area contributed by atoms with Gasteiger partial charge in [0.25, 0.3) is 0 Å². The number of hydrogen-bond acceptors (Lipinski definition) is 5. The molecule has 1 aromatic heterocycles. The maximum absolute atomic E-state index is 11.5. The van der Waals surface area contributed by atoms with Crippen molar-refractivity contribution in [2.75, 3.05) is 20.7 Å². The highest BCUT2D eigenvalue weighted by Gasteiger charge is 2.17. The predicted octanol–water partition coefficient (Wildman–Crippen LogP) is 1.87. The SMILES string of the molecule is COC(=O)c1ccoc1CN(C)CCC(N)C(C)C. The number of furan rings is 1. The van der Waals surface area contributed by atoms with E-state index in [2.05, 4.69) is 18.7 Å². The Morgan fingerprint density at radius 1 is 1.53 bits per heavy atom. The Labute approximate surface area is 114 Å². The molecule has 1 aromatic rings. The van der Waals surface area contributed by atoms with Crippen molar-refractivity contribution in [2.24, 2.45) is 11.7 Å². The second kappa shape index (κ2) is 7.31. The molecule has 108 valence electrons. The summed E-state index contributed by atoms with van der Waals surface area (Å²) >= 11 is 0. The van der Waals surface area contributed by atoms with E-state index < -0.39 is 0 Å². The van der Waals surface area contributed by atoms with Crippen molar-refractivity contribution in [2.45, 2.75) is 32.9 Å². The molecule has 0 radical (unpaired) electrons. The van der Waals surface area contributed by atoms with Crippen molar-refractivity contribution in [1.29, 1.82) is 0 Å². The number of esters is 1. The van der Waals surface area contributed by atoms with Crippen LogP contribution in [0.3, 0.4) is 0 Å². The van der Waals surface area contributed by atoms with Crippen LogP contribution in [0.2, 0.25) is 0 Å². The van der Waals surface area contributed by atoms with Gasteiger partial charge in [-0.05, 0) is 32.0 Å². The minimum absolute atomic E-state index is 0.194. The summed E-state index contributed by atoms with van der Waals surface area (Å²) < 4.78 is 10.0. The van der Waals surface area contributed by atoms with Crippen LogP contribution in [0.4, 0.5) is 0 Å². The van der Waals surface area contributed by atoms with Crippen molar-refractivity contribution in [3.63, 3.8) is 0 Å². The van der Waals surface area contributed by atoms with Gasteiger partial charge in [-0.25, -0.2) is 4.79 Å². The maximum Gasteiger partial charge on any atom is 0.341 e. The van der Waals surface area contributed by atoms with E-state index in [9.17, 15) is 4.79 Å². The Morgan fingerprint density at radius 3 is 2.79 bits per heavy atom. The monoisotopic (exact) mass is 268 g/mol. The zero-order valence-electron chi connectivity index (χ0n) is 12.2. The van der Waals surface area contributed by atoms with E-state index >= 15 is 0 Å². The summed E-state index contributed by atoms with van der Waals surface area (Å²) in [6.45, 7) is 5.67. The summed E-state index contributed by atoms with van der Waals surface area (Å²) in [7, 11) is 3.35. The van der Waals surface area contributed by atoms with Gasteiger partial charge in [-0.1, -0.05) is 13.8 Å². The van der Waals surface area contributed by atoms with Crippen LogP contribution in [0.1, 0.15) is 36.4 Å². The number of carbonyl (C=O) groups is 1. The van der Waals surface area contributed by atoms with E-state index in [1.54, 1.807) is 6.07 Å². The van der Waals surface area contributed by atoms with Crippen LogP contribution >= 0.6 is 0 Å². The molecule has 1 unspecified atom stereocenters. The van der Waals surface area contributed by atoms with Gasteiger partial charge in [-0.2, -0.15) is 0 Å². The Hall–Kier alpha value is -1.33. The van der Waals surface area contributed by atoms with Crippen molar-refractivity contribution in [3.8, 4) is 0 Å². The summed E-state index contributed by atoms with van der Waals surface area (Å²) in [6, 6.07) is 1.83. The largest absolute Gasteiger partial charge is 0.467 e. The third kappa shape index (κ3) is 4.69. The average molecular weight is 268 g/mol. The molecule has 2 N–H and O–H groups in total. The van der Waals surface area contributed by atoms with Crippen LogP contribution in [0.5, 0.6) is 0 Å². The Kier molecular flexibility index (Phi) is 6.05. The van der Waals surface area contributed by atoms with Crippen LogP contribution in [-0.4, -0.2) is 37.6 Å². The third-order valence-electron chi connectivity index (χ3n) is 3.26. The molecule has 0 aliphatic heterocycles. The molecule has 0 aliphatic rings. The second-order valence-electron chi connectivity index (χ2n) is 5.18. The zero-order valence-corrected chi connectivity index (χ0v) is 12.2. The topological polar surface area (TPSA) is 68.7 Å². The van der Waals surface area contributed by atoms with Gasteiger partial charge in [0.15, 0.2) is 0 Å². The molecule has 1 atom stereocenters. The van der Waals surface area contributed by atoms with Crippen LogP contribution in [0, 0.1) is 5.92 Å². The number of carbonyl (C=O) groups excluding carboxylic acids is 1. The first-order valence-corrected chi connectivity index (χ1v) is 6.54. The van der Waals surface area contributed by atoms with Gasteiger partial charge in [0, 0.05) is 6.04 Å². The van der Waals surface area contributed by atoms with Crippen LogP contribution in [0.25, 0.3) is 0 Å². The van der Waals surface area contributed by atoms with E-state index in [-0.39, 0.29) is 12.0 Å². The van der Waals surface area contributed by atoms with E-state index in [1.165, 1.54) is 13.4 Å². The Balaban J connectivity index is 2.51. The lowest BCUT2D eigenvalue weighted by Crippen LogP contribution is -2.31. The minimum atomic E-state index is -0.365. The fourth-order valence-corrected chi connectivity index (χ4v) is 1.78. The fraction of sp³-hybridized carbons (Fsp3) is 0.643. The highest BCUT2D eigenvalue weighted by molar-refractivity contribution is 5.90. The van der Waals surface area contributed by atoms with Crippen LogP contribution < -0.4 is 5.73 Å². The van der Waals surface area contributed by atoms with Gasteiger partial charge >= 0.3 is 5.97 Å². The second-order valence-corrected chi connectivity index (χ2v) is 5.18. The molecule has 0 aromatic carbocycles. The van der Waals surface area contributed by atoms with Gasteiger partial charge in [0.1, 0.15) is 11.3 Å². The molecule has 0 aliphatic carbocycles. The standard InChI is InChI=1S/C14H24N2O3/c1-10(2)12(15)5-7-16(3)9-13-11(6-8-19-13)14(17)18-4/h6,8,10,12H,5,7,9,15H2,1-4H3. The molecule has 0 bridgehead atoms. The third-order valence-corrected chi connectivity index (χ3v) is 3.26. The van der Waals surface area contributed by atoms with Crippen molar-refractivity contribution >= 4 is 5.97 Å². The molecule has 1 heterocycles. The molecule has 0 amide bonds. The number of methoxy groups -OCH3 is 1. The van der Waals surface area contributed by atoms with Crippen molar-refractivity contribution in [1.82, 2.24) is 4.90 Å². The molecule has 0 fully saturated rings. The molecule has 5 heteroatoms. The molecular formula is C14H24N2O3. The van der Waals surface area contributed by atoms with E-state index in [0.717, 1.165) is 13.0 Å². The molecule has 1 rings (SSSR count). The average Bonchev–Trinajstić information content (AvgIpc) is 2.82. The van der Waals surface area contributed by atoms with Crippen molar-refractivity contribution in [3.05, 3.63) is 23.7 Å². The number of ether oxygens (including phenoxy) is 1. The van der Waals surface area contributed by atoms with Gasteiger partial charge < -0.3 is 14.9 Å². The predicted molar refractivity (Wildman–Crippen MR) is 73.8 cm³/mol. The first kappa shape index (κ1) is 15.7. The number of nitrogens with two attached hydrogens (primary N) is 1. The summed E-state index contributed by atoms with van der Waals surface area (Å²) in [5.41, 5.74) is 6.50. The van der Waals surface area contributed by atoms with Crippen LogP contribution in [0.15, 0.2) is 16.7 Å². The zero-order chi connectivity index (χ0) is 14.4. The lowest BCUT2D eigenvalue weighted by Gasteiger charge is -2.20. The minimum Gasteiger partial charge on any atom is -0.467 e. The summed E-state index contributed by atoms with van der Waals surface area (Å²) in [6.07, 6.45) is 2.43. The van der Waals surface area contributed by atoms with Gasteiger partial charge in [0.2, 0.25) is 0 Å². The number of rotatable bonds is 7. The number of nitrogens with zero attached hydrogens (tertiary/aromatic N) is 1. The van der Waals surface area contributed by atoms with Gasteiger partial charge in [0.05, 0.1) is 19.9 Å². The molecule has 5 nitrogen and oxygen atoms in total. The molecule has 19 heavy (non-hydrogen) atoms. The van der Waals surface area contributed by atoms with E-state index in [1.807, 2.05) is 7.05 Å². The van der Waals surface area contributed by atoms with Crippen LogP contribution in [-0.2, 0) is 11.3 Å². The molecular weight excluding hydrogens is 244 g/mol. The Morgan fingerprint density at radius 2 is 2.21 bits per heavy atom. The smallest absolute Gasteiger partial charge is 0.341 e.